The Kier molecular flexibility index (Phi) is 5.98. The third-order valence-corrected chi connectivity index (χ3v) is 3.67. The predicted octanol–water partition coefficient (Wildman–Crippen LogP) is -2.40. The first-order valence-electron chi connectivity index (χ1n) is 4.47. The minimum atomic E-state index is -4.58. The zero-order valence-electron chi connectivity index (χ0n) is 8.74. The molecule has 0 rings (SSSR count). The molecule has 0 aliphatic rings. The lowest BCUT2D eigenvalue weighted by Crippen LogP contribution is -2.44. The largest absolute Gasteiger partial charge is 0.355 e. The molecule has 0 radical (unpaired) electrons. The molecular weight excluding hydrogens is 276 g/mol. The van der Waals surface area contributed by atoms with Gasteiger partial charge in [-0.2, -0.15) is 16.8 Å². The number of nitrogens with one attached hydrogen (secondary N) is 1. The average molecular weight is 290 g/mol. The van der Waals surface area contributed by atoms with Gasteiger partial charge in [-0.25, -0.2) is 0 Å². The standard InChI is InChI=1S/C6H14N2O7S2/c7-4-5(17(13,14)15)6(9)8-2-1-3-16(10,11)12/h5H,1-4,7H2,(H,8,9)(H,10,11,12)(H,13,14,15). The topological polar surface area (TPSA) is 164 Å². The summed E-state index contributed by atoms with van der Waals surface area (Å²) in [4.78, 5) is 11.2. The minimum absolute atomic E-state index is 0.0899. The maximum atomic E-state index is 11.2. The highest BCUT2D eigenvalue weighted by molar-refractivity contribution is 7.87. The van der Waals surface area contributed by atoms with Crippen LogP contribution in [0.15, 0.2) is 0 Å². The van der Waals surface area contributed by atoms with Gasteiger partial charge in [-0.15, -0.1) is 0 Å². The van der Waals surface area contributed by atoms with Crippen molar-refractivity contribution in [3.63, 3.8) is 0 Å². The van der Waals surface area contributed by atoms with Crippen LogP contribution in [0.5, 0.6) is 0 Å². The van der Waals surface area contributed by atoms with E-state index in [1.807, 2.05) is 0 Å². The van der Waals surface area contributed by atoms with Gasteiger partial charge in [0.2, 0.25) is 5.91 Å². The summed E-state index contributed by atoms with van der Waals surface area (Å²) in [5.41, 5.74) is 5.00. The molecule has 5 N–H and O–H groups in total. The van der Waals surface area contributed by atoms with Crippen LogP contribution in [0.2, 0.25) is 0 Å². The number of hydrogen-bond donors (Lipinski definition) is 4. The normalized spacial score (nSPS) is 14.3. The quantitative estimate of drug-likeness (QED) is 0.297. The molecule has 0 aliphatic heterocycles. The van der Waals surface area contributed by atoms with Gasteiger partial charge in [-0.1, -0.05) is 0 Å². The second-order valence-corrected chi connectivity index (χ2v) is 6.34. The smallest absolute Gasteiger partial charge is 0.278 e. The van der Waals surface area contributed by atoms with E-state index in [2.05, 4.69) is 5.32 Å². The van der Waals surface area contributed by atoms with Crippen molar-refractivity contribution in [1.82, 2.24) is 5.32 Å². The Labute approximate surface area is 98.9 Å². The summed E-state index contributed by atoms with van der Waals surface area (Å²) in [6.45, 7) is -0.756. The summed E-state index contributed by atoms with van der Waals surface area (Å²) >= 11 is 0. The molecule has 1 amide bonds. The minimum Gasteiger partial charge on any atom is -0.355 e. The first-order valence-corrected chi connectivity index (χ1v) is 7.58. The molecule has 102 valence electrons. The number of hydrogen-bond acceptors (Lipinski definition) is 6. The van der Waals surface area contributed by atoms with E-state index in [9.17, 15) is 21.6 Å². The number of amides is 1. The zero-order chi connectivity index (χ0) is 13.7. The fourth-order valence-corrected chi connectivity index (χ4v) is 2.05. The van der Waals surface area contributed by atoms with Crippen molar-refractivity contribution in [2.24, 2.45) is 5.73 Å². The van der Waals surface area contributed by atoms with Crippen molar-refractivity contribution >= 4 is 26.1 Å². The van der Waals surface area contributed by atoms with Crippen LogP contribution in [0.1, 0.15) is 6.42 Å². The van der Waals surface area contributed by atoms with Crippen molar-refractivity contribution in [3.05, 3.63) is 0 Å². The Morgan fingerprint density at radius 2 is 1.76 bits per heavy atom. The van der Waals surface area contributed by atoms with E-state index < -0.39 is 43.7 Å². The summed E-state index contributed by atoms with van der Waals surface area (Å²) < 4.78 is 59.0. The summed E-state index contributed by atoms with van der Waals surface area (Å²) in [5.74, 6) is -1.59. The Balaban J connectivity index is 4.19. The second-order valence-electron chi connectivity index (χ2n) is 3.17. The molecule has 0 aliphatic carbocycles. The Morgan fingerprint density at radius 1 is 1.24 bits per heavy atom. The second kappa shape index (κ2) is 6.26. The van der Waals surface area contributed by atoms with Gasteiger partial charge < -0.3 is 11.1 Å². The van der Waals surface area contributed by atoms with E-state index in [-0.39, 0.29) is 13.0 Å². The van der Waals surface area contributed by atoms with Crippen molar-refractivity contribution in [2.45, 2.75) is 11.7 Å². The highest BCUT2D eigenvalue weighted by Crippen LogP contribution is 1.97. The van der Waals surface area contributed by atoms with Gasteiger partial charge in [-0.3, -0.25) is 13.9 Å². The van der Waals surface area contributed by atoms with Crippen LogP contribution in [-0.2, 0) is 25.0 Å². The summed E-state index contributed by atoms with van der Waals surface area (Å²) in [7, 11) is -8.70. The third-order valence-electron chi connectivity index (χ3n) is 1.74. The van der Waals surface area contributed by atoms with E-state index in [1.54, 1.807) is 0 Å². The van der Waals surface area contributed by atoms with Crippen molar-refractivity contribution in [1.29, 1.82) is 0 Å². The molecule has 0 bridgehead atoms. The Morgan fingerprint density at radius 3 is 2.12 bits per heavy atom. The van der Waals surface area contributed by atoms with Gasteiger partial charge in [0, 0.05) is 13.1 Å². The van der Waals surface area contributed by atoms with E-state index >= 15 is 0 Å². The van der Waals surface area contributed by atoms with Crippen LogP contribution in [0.4, 0.5) is 0 Å². The van der Waals surface area contributed by atoms with Crippen LogP contribution in [-0.4, -0.2) is 55.9 Å². The predicted molar refractivity (Wildman–Crippen MR) is 58.4 cm³/mol. The number of nitrogens with two attached hydrogens (primary N) is 1. The molecule has 0 aromatic carbocycles. The van der Waals surface area contributed by atoms with Gasteiger partial charge in [0.15, 0.2) is 5.25 Å². The van der Waals surface area contributed by atoms with E-state index in [0.29, 0.717) is 0 Å². The molecule has 0 aromatic rings. The molecule has 0 saturated heterocycles. The van der Waals surface area contributed by atoms with Crippen LogP contribution in [0.25, 0.3) is 0 Å². The molecule has 0 saturated carbocycles. The average Bonchev–Trinajstić information content (AvgIpc) is 2.09. The number of carbonyl (C=O) groups excluding carboxylic acids is 1. The van der Waals surface area contributed by atoms with Crippen LogP contribution in [0.3, 0.4) is 0 Å². The van der Waals surface area contributed by atoms with Crippen LogP contribution in [0, 0.1) is 0 Å². The van der Waals surface area contributed by atoms with Crippen LogP contribution >= 0.6 is 0 Å². The molecule has 9 nitrogen and oxygen atoms in total. The number of rotatable bonds is 7. The van der Waals surface area contributed by atoms with Gasteiger partial charge >= 0.3 is 0 Å². The van der Waals surface area contributed by atoms with E-state index in [0.717, 1.165) is 0 Å². The monoisotopic (exact) mass is 290 g/mol. The molecule has 0 aromatic heterocycles. The van der Waals surface area contributed by atoms with Crippen molar-refractivity contribution in [2.75, 3.05) is 18.8 Å². The number of carbonyl (C=O) groups is 1. The summed E-state index contributed by atoms with van der Waals surface area (Å²) in [5, 5.41) is 0.295. The SMILES string of the molecule is NCC(C(=O)NCCCS(=O)(=O)O)S(=O)(=O)O. The molecule has 11 heteroatoms. The van der Waals surface area contributed by atoms with Crippen LogP contribution < -0.4 is 11.1 Å². The summed E-state index contributed by atoms with van der Waals surface area (Å²) in [6.07, 6.45) is -0.0899. The molecule has 17 heavy (non-hydrogen) atoms. The molecule has 0 fully saturated rings. The van der Waals surface area contributed by atoms with Gasteiger partial charge in [-0.05, 0) is 6.42 Å². The maximum absolute atomic E-state index is 11.2. The van der Waals surface area contributed by atoms with E-state index in [4.69, 9.17) is 14.8 Å². The molecule has 0 heterocycles. The lowest BCUT2D eigenvalue weighted by Gasteiger charge is -2.11. The van der Waals surface area contributed by atoms with Gasteiger partial charge in [0.1, 0.15) is 0 Å². The molecular formula is C6H14N2O7S2. The Bertz CT molecular complexity index is 455. The highest BCUT2D eigenvalue weighted by atomic mass is 32.2. The first kappa shape index (κ1) is 16.2. The fraction of sp³-hybridized carbons (Fsp3) is 0.833. The Hall–Kier alpha value is -0.750. The fourth-order valence-electron chi connectivity index (χ4n) is 0.944. The molecule has 1 unspecified atom stereocenters. The highest BCUT2D eigenvalue weighted by Gasteiger charge is 2.29. The van der Waals surface area contributed by atoms with Gasteiger partial charge in [0.25, 0.3) is 20.2 Å². The third kappa shape index (κ3) is 7.23. The van der Waals surface area contributed by atoms with Gasteiger partial charge in [0.05, 0.1) is 5.75 Å². The molecule has 1 atom stereocenters. The lowest BCUT2D eigenvalue weighted by atomic mass is 10.4. The molecule has 0 spiro atoms. The van der Waals surface area contributed by atoms with Crippen molar-refractivity contribution < 1.29 is 30.7 Å². The maximum Gasteiger partial charge on any atom is 0.278 e. The van der Waals surface area contributed by atoms with E-state index in [1.165, 1.54) is 0 Å². The van der Waals surface area contributed by atoms with Crippen molar-refractivity contribution in [3.8, 4) is 0 Å². The zero-order valence-corrected chi connectivity index (χ0v) is 10.4. The lowest BCUT2D eigenvalue weighted by molar-refractivity contribution is -0.120. The first-order chi connectivity index (χ1) is 7.58. The summed E-state index contributed by atoms with van der Waals surface area (Å²) in [6, 6.07) is 0.